The first-order valence-electron chi connectivity index (χ1n) is 2.87. The Balaban J connectivity index is 0.00000121. The van der Waals surface area contributed by atoms with Gasteiger partial charge in [-0.15, -0.1) is 12.4 Å². The third kappa shape index (κ3) is 2.44. The van der Waals surface area contributed by atoms with Crippen molar-refractivity contribution in [3.8, 4) is 0 Å². The average molecular weight is 192 g/mol. The number of carbonyl (C=O) groups excluding carboxylic acids is 1. The van der Waals surface area contributed by atoms with Crippen LogP contribution in [-0.4, -0.2) is 10.9 Å². The Morgan fingerprint density at radius 1 is 1.58 bits per heavy atom. The summed E-state index contributed by atoms with van der Waals surface area (Å²) in [5, 5.41) is 0. The smallest absolute Gasteiger partial charge is 0.283 e. The number of hydrogen-bond acceptors (Lipinski definition) is 3. The molecular formula is C6H7ClFN3O. The highest BCUT2D eigenvalue weighted by atomic mass is 35.5. The standard InChI is InChI=1S/C6H6FN3O.ClH/c7-5-3-1-2-4(9-5)6(11)10-8;/h1-3H,8H2,(H,10,11);1H. The Bertz CT molecular complexity index is 281. The van der Waals surface area contributed by atoms with Gasteiger partial charge in [-0.25, -0.2) is 10.8 Å². The molecule has 0 spiro atoms. The number of nitrogens with zero attached hydrogens (tertiary/aromatic N) is 1. The zero-order valence-corrected chi connectivity index (χ0v) is 6.77. The molecular weight excluding hydrogens is 185 g/mol. The minimum atomic E-state index is -0.703. The molecule has 0 fully saturated rings. The van der Waals surface area contributed by atoms with Gasteiger partial charge in [-0.1, -0.05) is 6.07 Å². The van der Waals surface area contributed by atoms with E-state index < -0.39 is 11.9 Å². The van der Waals surface area contributed by atoms with Gasteiger partial charge in [0.15, 0.2) is 0 Å². The van der Waals surface area contributed by atoms with Gasteiger partial charge in [-0.05, 0) is 12.1 Å². The number of halogens is 2. The molecule has 3 N–H and O–H groups in total. The summed E-state index contributed by atoms with van der Waals surface area (Å²) in [7, 11) is 0. The van der Waals surface area contributed by atoms with E-state index in [0.29, 0.717) is 0 Å². The van der Waals surface area contributed by atoms with Gasteiger partial charge in [0.05, 0.1) is 0 Å². The van der Waals surface area contributed by atoms with Gasteiger partial charge in [0, 0.05) is 0 Å². The summed E-state index contributed by atoms with van der Waals surface area (Å²) >= 11 is 0. The van der Waals surface area contributed by atoms with Crippen molar-refractivity contribution in [3.05, 3.63) is 29.8 Å². The zero-order valence-electron chi connectivity index (χ0n) is 5.95. The summed E-state index contributed by atoms with van der Waals surface area (Å²) in [6, 6.07) is 3.89. The molecule has 0 aliphatic rings. The first kappa shape index (κ1) is 10.8. The number of nitrogens with two attached hydrogens (primary N) is 1. The Morgan fingerprint density at radius 3 is 2.75 bits per heavy atom. The molecule has 1 heterocycles. The predicted molar refractivity (Wildman–Crippen MR) is 43.1 cm³/mol. The Labute approximate surface area is 74.4 Å². The highest BCUT2D eigenvalue weighted by molar-refractivity contribution is 5.91. The summed E-state index contributed by atoms with van der Waals surface area (Å²) in [5.41, 5.74) is 1.81. The number of amides is 1. The largest absolute Gasteiger partial charge is 0.289 e. The van der Waals surface area contributed by atoms with Gasteiger partial charge in [-0.2, -0.15) is 4.39 Å². The van der Waals surface area contributed by atoms with Crippen LogP contribution < -0.4 is 11.3 Å². The molecule has 0 saturated heterocycles. The number of nitrogens with one attached hydrogen (secondary N) is 1. The van der Waals surface area contributed by atoms with Gasteiger partial charge in [0.25, 0.3) is 5.91 Å². The second kappa shape index (κ2) is 4.63. The molecule has 0 bridgehead atoms. The molecule has 1 amide bonds. The number of pyridine rings is 1. The lowest BCUT2D eigenvalue weighted by molar-refractivity contribution is 0.0947. The van der Waals surface area contributed by atoms with Gasteiger partial charge in [0.1, 0.15) is 5.69 Å². The van der Waals surface area contributed by atoms with Crippen LogP contribution in [0.2, 0.25) is 0 Å². The lowest BCUT2D eigenvalue weighted by atomic mass is 10.3. The second-order valence-corrected chi connectivity index (χ2v) is 1.82. The summed E-state index contributed by atoms with van der Waals surface area (Å²) < 4.78 is 12.3. The van der Waals surface area contributed by atoms with Crippen molar-refractivity contribution in [3.63, 3.8) is 0 Å². The predicted octanol–water partition coefficient (Wildman–Crippen LogP) is 0.246. The van der Waals surface area contributed by atoms with Gasteiger partial charge >= 0.3 is 0 Å². The van der Waals surface area contributed by atoms with Crippen molar-refractivity contribution in [1.82, 2.24) is 10.4 Å². The van der Waals surface area contributed by atoms with Crippen LogP contribution in [0.5, 0.6) is 0 Å². The van der Waals surface area contributed by atoms with E-state index in [1.165, 1.54) is 12.1 Å². The number of hydrogen-bond donors (Lipinski definition) is 2. The molecule has 0 aromatic carbocycles. The third-order valence-electron chi connectivity index (χ3n) is 1.08. The molecule has 12 heavy (non-hydrogen) atoms. The lowest BCUT2D eigenvalue weighted by Crippen LogP contribution is -2.30. The molecule has 0 aliphatic heterocycles. The van der Waals surface area contributed by atoms with Crippen molar-refractivity contribution >= 4 is 18.3 Å². The van der Waals surface area contributed by atoms with Crippen LogP contribution in [0.4, 0.5) is 4.39 Å². The van der Waals surface area contributed by atoms with Crippen LogP contribution in [0.15, 0.2) is 18.2 Å². The number of hydrazine groups is 1. The van der Waals surface area contributed by atoms with E-state index in [0.717, 1.165) is 6.07 Å². The minimum Gasteiger partial charge on any atom is -0.289 e. The van der Waals surface area contributed by atoms with Gasteiger partial charge in [0.2, 0.25) is 5.95 Å². The molecule has 4 nitrogen and oxygen atoms in total. The van der Waals surface area contributed by atoms with Crippen LogP contribution >= 0.6 is 12.4 Å². The van der Waals surface area contributed by atoms with E-state index in [2.05, 4.69) is 4.98 Å². The van der Waals surface area contributed by atoms with Crippen LogP contribution in [0.3, 0.4) is 0 Å². The number of carbonyl (C=O) groups is 1. The summed E-state index contributed by atoms with van der Waals surface area (Å²) in [6.45, 7) is 0. The van der Waals surface area contributed by atoms with E-state index >= 15 is 0 Å². The van der Waals surface area contributed by atoms with Gasteiger partial charge in [-0.3, -0.25) is 10.2 Å². The summed E-state index contributed by atoms with van der Waals surface area (Å²) in [4.78, 5) is 14.0. The molecule has 0 atom stereocenters. The average Bonchev–Trinajstić information content (AvgIpc) is 2.03. The molecule has 0 unspecified atom stereocenters. The molecule has 6 heteroatoms. The number of rotatable bonds is 1. The monoisotopic (exact) mass is 191 g/mol. The highest BCUT2D eigenvalue weighted by Gasteiger charge is 2.04. The Hall–Kier alpha value is -1.20. The molecule has 1 rings (SSSR count). The van der Waals surface area contributed by atoms with E-state index in [4.69, 9.17) is 5.84 Å². The van der Waals surface area contributed by atoms with Crippen LogP contribution in [0, 0.1) is 5.95 Å². The van der Waals surface area contributed by atoms with Crippen molar-refractivity contribution in [2.45, 2.75) is 0 Å². The maximum absolute atomic E-state index is 12.3. The normalized spacial score (nSPS) is 8.50. The second-order valence-electron chi connectivity index (χ2n) is 1.82. The fraction of sp³-hybridized carbons (Fsp3) is 0. The van der Waals surface area contributed by atoms with Crippen LogP contribution in [0.1, 0.15) is 10.5 Å². The topological polar surface area (TPSA) is 68.0 Å². The number of nitrogen functional groups attached to an aromatic ring is 1. The van der Waals surface area contributed by atoms with E-state index in [-0.39, 0.29) is 18.1 Å². The third-order valence-corrected chi connectivity index (χ3v) is 1.08. The molecule has 0 radical (unpaired) electrons. The maximum Gasteiger partial charge on any atom is 0.283 e. The zero-order chi connectivity index (χ0) is 8.27. The first-order chi connectivity index (χ1) is 5.24. The molecule has 1 aromatic rings. The highest BCUT2D eigenvalue weighted by Crippen LogP contribution is 1.96. The van der Waals surface area contributed by atoms with E-state index in [1.807, 2.05) is 5.43 Å². The van der Waals surface area contributed by atoms with Crippen LogP contribution in [0.25, 0.3) is 0 Å². The van der Waals surface area contributed by atoms with Crippen LogP contribution in [-0.2, 0) is 0 Å². The quantitative estimate of drug-likeness (QED) is 0.289. The van der Waals surface area contributed by atoms with Gasteiger partial charge < -0.3 is 0 Å². The Morgan fingerprint density at radius 2 is 2.25 bits per heavy atom. The fourth-order valence-electron chi connectivity index (χ4n) is 0.609. The summed E-state index contributed by atoms with van der Waals surface area (Å²) in [6.07, 6.45) is 0. The maximum atomic E-state index is 12.3. The first-order valence-corrected chi connectivity index (χ1v) is 2.87. The molecule has 66 valence electrons. The SMILES string of the molecule is Cl.NNC(=O)c1cccc(F)n1. The van der Waals surface area contributed by atoms with Crippen molar-refractivity contribution in [2.24, 2.45) is 5.84 Å². The summed E-state index contributed by atoms with van der Waals surface area (Å²) in [5.74, 6) is 3.48. The molecule has 0 aliphatic carbocycles. The van der Waals surface area contributed by atoms with Crippen molar-refractivity contribution in [1.29, 1.82) is 0 Å². The van der Waals surface area contributed by atoms with E-state index in [9.17, 15) is 9.18 Å². The minimum absolute atomic E-state index is 0. The number of aromatic nitrogens is 1. The molecule has 1 aromatic heterocycles. The van der Waals surface area contributed by atoms with Crippen molar-refractivity contribution in [2.75, 3.05) is 0 Å². The Kier molecular flexibility index (Phi) is 4.17. The lowest BCUT2D eigenvalue weighted by Gasteiger charge is -1.96. The molecule has 0 saturated carbocycles. The van der Waals surface area contributed by atoms with Crippen molar-refractivity contribution < 1.29 is 9.18 Å². The fourth-order valence-corrected chi connectivity index (χ4v) is 0.609. The van der Waals surface area contributed by atoms with E-state index in [1.54, 1.807) is 0 Å².